The van der Waals surface area contributed by atoms with E-state index in [0.29, 0.717) is 0 Å². The van der Waals surface area contributed by atoms with Gasteiger partial charge in [0.15, 0.2) is 0 Å². The van der Waals surface area contributed by atoms with Crippen molar-refractivity contribution in [1.82, 2.24) is 0 Å². The van der Waals surface area contributed by atoms with E-state index in [-0.39, 0.29) is 18.1 Å². The van der Waals surface area contributed by atoms with Crippen LogP contribution in [0.5, 0.6) is 5.75 Å². The molecule has 4 heteroatoms. The van der Waals surface area contributed by atoms with Crippen molar-refractivity contribution in [3.05, 3.63) is 53.6 Å². The van der Waals surface area contributed by atoms with Crippen LogP contribution in [0.1, 0.15) is 23.6 Å². The highest BCUT2D eigenvalue weighted by atomic mass is 16.5. The van der Waals surface area contributed by atoms with Gasteiger partial charge in [0.2, 0.25) is 0 Å². The van der Waals surface area contributed by atoms with Crippen molar-refractivity contribution in [3.63, 3.8) is 0 Å². The van der Waals surface area contributed by atoms with Gasteiger partial charge in [-0.25, -0.2) is 0 Å². The zero-order valence-corrected chi connectivity index (χ0v) is 12.2. The predicted octanol–water partition coefficient (Wildman–Crippen LogP) is 2.93. The van der Waals surface area contributed by atoms with Crippen LogP contribution in [0.15, 0.2) is 42.5 Å². The lowest BCUT2D eigenvalue weighted by atomic mass is 9.95. The molecule has 0 fully saturated rings. The van der Waals surface area contributed by atoms with E-state index >= 15 is 0 Å². The molecule has 0 aliphatic rings. The summed E-state index contributed by atoms with van der Waals surface area (Å²) in [5.74, 6) is -0.111. The van der Waals surface area contributed by atoms with E-state index in [2.05, 4.69) is 4.74 Å². The molecule has 0 saturated carbocycles. The summed E-state index contributed by atoms with van der Waals surface area (Å²) in [6.07, 6.45) is 0.125. The van der Waals surface area contributed by atoms with Crippen LogP contribution < -0.4 is 5.73 Å². The third-order valence-corrected chi connectivity index (χ3v) is 3.47. The van der Waals surface area contributed by atoms with Gasteiger partial charge in [-0.3, -0.25) is 4.79 Å². The van der Waals surface area contributed by atoms with Gasteiger partial charge in [-0.2, -0.15) is 0 Å². The summed E-state index contributed by atoms with van der Waals surface area (Å²) >= 11 is 0. The Kier molecular flexibility index (Phi) is 4.60. The van der Waals surface area contributed by atoms with Gasteiger partial charge in [-0.05, 0) is 35.7 Å². The van der Waals surface area contributed by atoms with E-state index in [0.717, 1.165) is 22.3 Å². The quantitative estimate of drug-likeness (QED) is 0.847. The lowest BCUT2D eigenvalue weighted by molar-refractivity contribution is -0.141. The van der Waals surface area contributed by atoms with E-state index in [1.807, 2.05) is 37.3 Å². The number of carbonyl (C=O) groups is 1. The highest BCUT2D eigenvalue weighted by Crippen LogP contribution is 2.33. The summed E-state index contributed by atoms with van der Waals surface area (Å²) < 4.78 is 4.64. The summed E-state index contributed by atoms with van der Waals surface area (Å²) in [5, 5.41) is 10.1. The number of rotatable bonds is 4. The van der Waals surface area contributed by atoms with Crippen LogP contribution in [0.4, 0.5) is 0 Å². The lowest BCUT2D eigenvalue weighted by Gasteiger charge is -2.14. The molecule has 3 N–H and O–H groups in total. The van der Waals surface area contributed by atoms with Crippen molar-refractivity contribution in [2.45, 2.75) is 19.4 Å². The second-order valence-electron chi connectivity index (χ2n) is 4.98. The highest BCUT2D eigenvalue weighted by Gasteiger charge is 2.14. The molecule has 0 unspecified atom stereocenters. The number of phenols is 1. The van der Waals surface area contributed by atoms with Gasteiger partial charge in [0.25, 0.3) is 0 Å². The largest absolute Gasteiger partial charge is 0.507 e. The molecule has 0 aliphatic carbocycles. The maximum atomic E-state index is 11.3. The molecule has 4 nitrogen and oxygen atoms in total. The molecule has 2 rings (SSSR count). The van der Waals surface area contributed by atoms with E-state index < -0.39 is 6.04 Å². The molecule has 0 amide bonds. The number of ether oxygens (including phenoxy) is 1. The van der Waals surface area contributed by atoms with Crippen molar-refractivity contribution < 1.29 is 14.6 Å². The average molecular weight is 285 g/mol. The first-order chi connectivity index (χ1) is 10.0. The zero-order valence-electron chi connectivity index (χ0n) is 12.2. The van der Waals surface area contributed by atoms with Gasteiger partial charge < -0.3 is 15.6 Å². The number of carbonyl (C=O) groups excluding carboxylic acids is 1. The number of nitrogens with two attached hydrogens (primary N) is 1. The molecule has 0 aliphatic heterocycles. The van der Waals surface area contributed by atoms with Gasteiger partial charge in [0.05, 0.1) is 13.5 Å². The minimum atomic E-state index is -0.427. The van der Waals surface area contributed by atoms with E-state index in [1.54, 1.807) is 12.1 Å². The standard InChI is InChI=1S/C17H19NO3/c1-11-5-3-8-15(19)17(11)13-7-4-6-12(9-13)14(18)10-16(20)21-2/h3-9,14,19H,10,18H2,1-2H3/t14-/m0/s1. The topological polar surface area (TPSA) is 72.5 Å². The van der Waals surface area contributed by atoms with Crippen LogP contribution in [-0.2, 0) is 9.53 Å². The van der Waals surface area contributed by atoms with Crippen molar-refractivity contribution in [2.24, 2.45) is 5.73 Å². The second kappa shape index (κ2) is 6.41. The Labute approximate surface area is 124 Å². The molecule has 110 valence electrons. The summed E-state index contributed by atoms with van der Waals surface area (Å²) in [7, 11) is 1.34. The number of aryl methyl sites for hydroxylation is 1. The molecule has 0 bridgehead atoms. The zero-order chi connectivity index (χ0) is 15.4. The third kappa shape index (κ3) is 3.41. The maximum absolute atomic E-state index is 11.3. The van der Waals surface area contributed by atoms with Gasteiger partial charge in [0.1, 0.15) is 5.75 Å². The van der Waals surface area contributed by atoms with Crippen molar-refractivity contribution >= 4 is 5.97 Å². The van der Waals surface area contributed by atoms with E-state index in [1.165, 1.54) is 7.11 Å². The predicted molar refractivity (Wildman–Crippen MR) is 81.8 cm³/mol. The maximum Gasteiger partial charge on any atom is 0.307 e. The van der Waals surface area contributed by atoms with Crippen LogP contribution in [0.2, 0.25) is 0 Å². The second-order valence-corrected chi connectivity index (χ2v) is 4.98. The van der Waals surface area contributed by atoms with E-state index in [4.69, 9.17) is 5.73 Å². The minimum absolute atomic E-state index is 0.125. The first-order valence-corrected chi connectivity index (χ1v) is 6.74. The number of methoxy groups -OCH3 is 1. The summed E-state index contributed by atoms with van der Waals surface area (Å²) in [4.78, 5) is 11.3. The molecular formula is C17H19NO3. The molecular weight excluding hydrogens is 266 g/mol. The average Bonchev–Trinajstić information content (AvgIpc) is 2.47. The van der Waals surface area contributed by atoms with Crippen LogP contribution in [0, 0.1) is 6.92 Å². The highest BCUT2D eigenvalue weighted by molar-refractivity contribution is 5.74. The van der Waals surface area contributed by atoms with Crippen LogP contribution in [0.3, 0.4) is 0 Å². The molecule has 0 saturated heterocycles. The smallest absolute Gasteiger partial charge is 0.307 e. The Bertz CT molecular complexity index is 632. The molecule has 21 heavy (non-hydrogen) atoms. The molecule has 0 spiro atoms. The summed E-state index contributed by atoms with van der Waals surface area (Å²) in [6, 6.07) is 12.5. The molecule has 0 aromatic heterocycles. The number of hydrogen-bond donors (Lipinski definition) is 2. The first-order valence-electron chi connectivity index (χ1n) is 6.74. The molecule has 2 aromatic carbocycles. The SMILES string of the molecule is COC(=O)C[C@H](N)c1cccc(-c2c(C)cccc2O)c1. The molecule has 2 aromatic rings. The Morgan fingerprint density at radius 1 is 1.29 bits per heavy atom. The number of esters is 1. The fourth-order valence-electron chi connectivity index (χ4n) is 2.33. The summed E-state index contributed by atoms with van der Waals surface area (Å²) in [6.45, 7) is 1.94. The van der Waals surface area contributed by atoms with Crippen molar-refractivity contribution in [1.29, 1.82) is 0 Å². The lowest BCUT2D eigenvalue weighted by Crippen LogP contribution is -2.16. The van der Waals surface area contributed by atoms with Crippen molar-refractivity contribution in [3.8, 4) is 16.9 Å². The minimum Gasteiger partial charge on any atom is -0.507 e. The van der Waals surface area contributed by atoms with Gasteiger partial charge in [-0.15, -0.1) is 0 Å². The van der Waals surface area contributed by atoms with Crippen LogP contribution in [-0.4, -0.2) is 18.2 Å². The normalized spacial score (nSPS) is 12.0. The monoisotopic (exact) mass is 285 g/mol. The van der Waals surface area contributed by atoms with Gasteiger partial charge >= 0.3 is 5.97 Å². The molecule has 1 atom stereocenters. The van der Waals surface area contributed by atoms with Gasteiger partial charge in [-0.1, -0.05) is 30.3 Å². The molecule has 0 heterocycles. The Balaban J connectivity index is 2.36. The van der Waals surface area contributed by atoms with Crippen LogP contribution >= 0.6 is 0 Å². The number of phenolic OH excluding ortho intramolecular Hbond substituents is 1. The van der Waals surface area contributed by atoms with Crippen LogP contribution in [0.25, 0.3) is 11.1 Å². The Morgan fingerprint density at radius 3 is 2.67 bits per heavy atom. The molecule has 0 radical (unpaired) electrons. The number of benzene rings is 2. The fraction of sp³-hybridized carbons (Fsp3) is 0.235. The Morgan fingerprint density at radius 2 is 2.00 bits per heavy atom. The third-order valence-electron chi connectivity index (χ3n) is 3.47. The van der Waals surface area contributed by atoms with Crippen molar-refractivity contribution in [2.75, 3.05) is 7.11 Å². The van der Waals surface area contributed by atoms with Gasteiger partial charge in [0, 0.05) is 11.6 Å². The fourth-order valence-corrected chi connectivity index (χ4v) is 2.33. The number of hydrogen-bond acceptors (Lipinski definition) is 4. The first kappa shape index (κ1) is 15.1. The van der Waals surface area contributed by atoms with E-state index in [9.17, 15) is 9.90 Å². The number of aromatic hydroxyl groups is 1. The summed E-state index contributed by atoms with van der Waals surface area (Å²) in [5.41, 5.74) is 9.51. The Hall–Kier alpha value is -2.33.